The van der Waals surface area contributed by atoms with E-state index < -0.39 is 0 Å². The van der Waals surface area contributed by atoms with Crippen molar-refractivity contribution >= 4 is 12.0 Å². The number of hydrogen-bond donors (Lipinski definition) is 1. The highest BCUT2D eigenvalue weighted by molar-refractivity contribution is 5.91. The Morgan fingerprint density at radius 2 is 2.16 bits per heavy atom. The van der Waals surface area contributed by atoms with E-state index in [-0.39, 0.29) is 12.0 Å². The van der Waals surface area contributed by atoms with Crippen molar-refractivity contribution in [1.29, 1.82) is 0 Å². The Morgan fingerprint density at radius 3 is 2.79 bits per heavy atom. The van der Waals surface area contributed by atoms with Gasteiger partial charge in [0.05, 0.1) is 19.1 Å². The molecular formula is C14H15NO4. The molecule has 0 fully saturated rings. The monoisotopic (exact) mass is 261 g/mol. The number of carbonyl (C=O) groups is 1. The van der Waals surface area contributed by atoms with Crippen LogP contribution in [0.15, 0.2) is 51.7 Å². The van der Waals surface area contributed by atoms with Crippen molar-refractivity contribution in [2.75, 3.05) is 13.7 Å². The Hall–Kier alpha value is -2.27. The predicted molar refractivity (Wildman–Crippen MR) is 69.2 cm³/mol. The maximum Gasteiger partial charge on any atom is 0.244 e. The van der Waals surface area contributed by atoms with Crippen LogP contribution in [0.4, 0.5) is 0 Å². The molecule has 1 atom stereocenters. The number of methoxy groups -OCH3 is 1. The van der Waals surface area contributed by atoms with Gasteiger partial charge in [0.15, 0.2) is 0 Å². The zero-order chi connectivity index (χ0) is 13.5. The summed E-state index contributed by atoms with van der Waals surface area (Å²) in [5.74, 6) is 1.09. The zero-order valence-electron chi connectivity index (χ0n) is 10.5. The van der Waals surface area contributed by atoms with Gasteiger partial charge in [-0.15, -0.1) is 0 Å². The summed E-state index contributed by atoms with van der Waals surface area (Å²) >= 11 is 0. The molecule has 0 radical (unpaired) electrons. The normalized spacial score (nSPS) is 12.7. The van der Waals surface area contributed by atoms with Crippen molar-refractivity contribution in [3.63, 3.8) is 0 Å². The molecule has 2 aromatic heterocycles. The lowest BCUT2D eigenvalue weighted by Crippen LogP contribution is -2.27. The van der Waals surface area contributed by atoms with Crippen LogP contribution in [0.25, 0.3) is 6.08 Å². The molecule has 19 heavy (non-hydrogen) atoms. The number of carbonyl (C=O) groups excluding carboxylic acids is 1. The Morgan fingerprint density at radius 1 is 1.37 bits per heavy atom. The quantitative estimate of drug-likeness (QED) is 0.811. The first kappa shape index (κ1) is 13.2. The fraction of sp³-hybridized carbons (Fsp3) is 0.214. The average molecular weight is 261 g/mol. The molecule has 0 saturated carbocycles. The van der Waals surface area contributed by atoms with E-state index in [4.69, 9.17) is 13.6 Å². The van der Waals surface area contributed by atoms with Crippen LogP contribution >= 0.6 is 0 Å². The molecule has 5 nitrogen and oxygen atoms in total. The van der Waals surface area contributed by atoms with E-state index >= 15 is 0 Å². The van der Waals surface area contributed by atoms with E-state index in [1.54, 1.807) is 50.0 Å². The largest absolute Gasteiger partial charge is 0.467 e. The highest BCUT2D eigenvalue weighted by Gasteiger charge is 2.13. The zero-order valence-corrected chi connectivity index (χ0v) is 10.5. The van der Waals surface area contributed by atoms with Gasteiger partial charge in [-0.25, -0.2) is 0 Å². The van der Waals surface area contributed by atoms with Gasteiger partial charge < -0.3 is 18.9 Å². The van der Waals surface area contributed by atoms with Gasteiger partial charge in [-0.2, -0.15) is 0 Å². The standard InChI is InChI=1S/C14H15NO4/c1-17-13(12-5-3-9-19-12)10-15-14(16)7-6-11-4-2-8-18-11/h2-9,13H,10H2,1H3,(H,15,16)/b7-6+/t13-/m0/s1. The minimum Gasteiger partial charge on any atom is -0.467 e. The van der Waals surface area contributed by atoms with E-state index in [0.717, 1.165) is 0 Å². The summed E-state index contributed by atoms with van der Waals surface area (Å²) in [7, 11) is 1.57. The Kier molecular flexibility index (Phi) is 4.58. The third kappa shape index (κ3) is 3.86. The molecule has 0 aliphatic carbocycles. The molecule has 1 N–H and O–H groups in total. The first-order chi connectivity index (χ1) is 9.29. The van der Waals surface area contributed by atoms with Crippen molar-refractivity contribution in [3.05, 3.63) is 54.4 Å². The molecule has 2 rings (SSSR count). The molecular weight excluding hydrogens is 246 g/mol. The van der Waals surface area contributed by atoms with Gasteiger partial charge in [-0.1, -0.05) is 0 Å². The molecule has 2 aromatic rings. The fourth-order valence-corrected chi connectivity index (χ4v) is 1.57. The van der Waals surface area contributed by atoms with Gasteiger partial charge in [0.25, 0.3) is 0 Å². The van der Waals surface area contributed by atoms with Gasteiger partial charge >= 0.3 is 0 Å². The summed E-state index contributed by atoms with van der Waals surface area (Å²) in [6, 6.07) is 7.11. The van der Waals surface area contributed by atoms with Crippen molar-refractivity contribution in [3.8, 4) is 0 Å². The van der Waals surface area contributed by atoms with E-state index in [2.05, 4.69) is 5.32 Å². The first-order valence-electron chi connectivity index (χ1n) is 5.85. The third-order valence-corrected chi connectivity index (χ3v) is 2.55. The topological polar surface area (TPSA) is 64.6 Å². The lowest BCUT2D eigenvalue weighted by molar-refractivity contribution is -0.117. The molecule has 100 valence electrons. The molecule has 0 saturated heterocycles. The van der Waals surface area contributed by atoms with Gasteiger partial charge in [0.1, 0.15) is 17.6 Å². The van der Waals surface area contributed by atoms with Crippen LogP contribution in [-0.2, 0) is 9.53 Å². The molecule has 0 bridgehead atoms. The highest BCUT2D eigenvalue weighted by atomic mass is 16.5. The second-order valence-electron chi connectivity index (χ2n) is 3.83. The number of amides is 1. The minimum atomic E-state index is -0.295. The fourth-order valence-electron chi connectivity index (χ4n) is 1.57. The molecule has 0 spiro atoms. The van der Waals surface area contributed by atoms with Crippen LogP contribution in [0.5, 0.6) is 0 Å². The number of furan rings is 2. The van der Waals surface area contributed by atoms with Crippen LogP contribution in [-0.4, -0.2) is 19.6 Å². The number of ether oxygens (including phenoxy) is 1. The molecule has 1 amide bonds. The maximum atomic E-state index is 11.6. The molecule has 0 aromatic carbocycles. The van der Waals surface area contributed by atoms with E-state index in [0.29, 0.717) is 18.1 Å². The maximum absolute atomic E-state index is 11.6. The molecule has 0 aliphatic rings. The summed E-state index contributed by atoms with van der Waals surface area (Å²) in [5, 5.41) is 2.73. The lowest BCUT2D eigenvalue weighted by Gasteiger charge is -2.12. The summed E-state index contributed by atoms with van der Waals surface area (Å²) in [4.78, 5) is 11.6. The average Bonchev–Trinajstić information content (AvgIpc) is 3.10. The highest BCUT2D eigenvalue weighted by Crippen LogP contribution is 2.15. The van der Waals surface area contributed by atoms with Gasteiger partial charge in [-0.3, -0.25) is 4.79 Å². The van der Waals surface area contributed by atoms with Crippen LogP contribution in [0.2, 0.25) is 0 Å². The Labute approximate surface area is 110 Å². The second kappa shape index (κ2) is 6.61. The second-order valence-corrected chi connectivity index (χ2v) is 3.83. The number of rotatable bonds is 6. The minimum absolute atomic E-state index is 0.218. The summed E-state index contributed by atoms with van der Waals surface area (Å²) in [5.41, 5.74) is 0. The van der Waals surface area contributed by atoms with E-state index in [1.165, 1.54) is 6.08 Å². The van der Waals surface area contributed by atoms with Gasteiger partial charge in [0, 0.05) is 13.2 Å². The predicted octanol–water partition coefficient (Wildman–Crippen LogP) is 2.39. The SMILES string of the molecule is CO[C@@H](CNC(=O)/C=C/c1ccco1)c1ccco1. The number of nitrogens with one attached hydrogen (secondary N) is 1. The Balaban J connectivity index is 1.82. The molecule has 2 heterocycles. The summed E-state index contributed by atoms with van der Waals surface area (Å²) in [6.45, 7) is 0.339. The summed E-state index contributed by atoms with van der Waals surface area (Å²) < 4.78 is 15.6. The molecule has 0 aliphatic heterocycles. The van der Waals surface area contributed by atoms with Crippen molar-refractivity contribution < 1.29 is 18.4 Å². The van der Waals surface area contributed by atoms with E-state index in [1.807, 2.05) is 0 Å². The molecule has 5 heteroatoms. The van der Waals surface area contributed by atoms with Crippen LogP contribution in [0.3, 0.4) is 0 Å². The van der Waals surface area contributed by atoms with Gasteiger partial charge in [-0.05, 0) is 30.3 Å². The first-order valence-corrected chi connectivity index (χ1v) is 5.85. The van der Waals surface area contributed by atoms with Crippen LogP contribution in [0.1, 0.15) is 17.6 Å². The van der Waals surface area contributed by atoms with Gasteiger partial charge in [0.2, 0.25) is 5.91 Å². The van der Waals surface area contributed by atoms with Crippen LogP contribution < -0.4 is 5.32 Å². The number of hydrogen-bond acceptors (Lipinski definition) is 4. The van der Waals surface area contributed by atoms with Crippen molar-refractivity contribution in [2.45, 2.75) is 6.10 Å². The Bertz CT molecular complexity index is 514. The lowest BCUT2D eigenvalue weighted by atomic mass is 10.2. The van der Waals surface area contributed by atoms with Crippen LogP contribution in [0, 0.1) is 0 Å². The van der Waals surface area contributed by atoms with Crippen molar-refractivity contribution in [1.82, 2.24) is 5.32 Å². The summed E-state index contributed by atoms with van der Waals surface area (Å²) in [6.07, 6.45) is 5.84. The molecule has 0 unspecified atom stereocenters. The third-order valence-electron chi connectivity index (χ3n) is 2.55. The smallest absolute Gasteiger partial charge is 0.244 e. The van der Waals surface area contributed by atoms with Crippen molar-refractivity contribution in [2.24, 2.45) is 0 Å². The van der Waals surface area contributed by atoms with E-state index in [9.17, 15) is 4.79 Å².